The maximum atomic E-state index is 6.44. The standard InChI is InChI=1S/C25H26N4O2S/c1-30-19-6-4-5-16(14-19)13-18(26)15-31-24-22-20-7-2-3-8-21(20)32-25(22)29-23(28-24)17-9-11-27-12-10-17/h4-6,9-12,14,18H,2-3,7-8,13,15,26H2,1H3. The number of thiophene rings is 1. The Hall–Kier alpha value is -3.03. The number of pyridine rings is 1. The highest BCUT2D eigenvalue weighted by Gasteiger charge is 2.23. The number of fused-ring (bicyclic) bond motifs is 3. The first kappa shape index (κ1) is 20.8. The normalized spacial score (nSPS) is 14.2. The largest absolute Gasteiger partial charge is 0.497 e. The highest BCUT2D eigenvalue weighted by Crippen LogP contribution is 2.40. The van der Waals surface area contributed by atoms with Crippen LogP contribution < -0.4 is 15.2 Å². The number of benzene rings is 1. The van der Waals surface area contributed by atoms with Crippen LogP contribution >= 0.6 is 11.3 Å². The summed E-state index contributed by atoms with van der Waals surface area (Å²) in [6.45, 7) is 0.379. The molecule has 1 aliphatic rings. The van der Waals surface area contributed by atoms with E-state index in [-0.39, 0.29) is 6.04 Å². The van der Waals surface area contributed by atoms with Gasteiger partial charge in [-0.05, 0) is 67.5 Å². The molecular weight excluding hydrogens is 420 g/mol. The first-order chi connectivity index (χ1) is 15.7. The van der Waals surface area contributed by atoms with E-state index in [9.17, 15) is 0 Å². The number of nitrogens with zero attached hydrogens (tertiary/aromatic N) is 3. The molecule has 1 aromatic carbocycles. The summed E-state index contributed by atoms with van der Waals surface area (Å²) in [5.74, 6) is 2.14. The van der Waals surface area contributed by atoms with Gasteiger partial charge in [0.15, 0.2) is 5.82 Å². The third-order valence-electron chi connectivity index (χ3n) is 5.79. The number of rotatable bonds is 7. The van der Waals surface area contributed by atoms with Gasteiger partial charge < -0.3 is 15.2 Å². The van der Waals surface area contributed by atoms with E-state index < -0.39 is 0 Å². The highest BCUT2D eigenvalue weighted by molar-refractivity contribution is 7.18. The van der Waals surface area contributed by atoms with Crippen molar-refractivity contribution >= 4 is 21.6 Å². The van der Waals surface area contributed by atoms with Crippen molar-refractivity contribution in [2.24, 2.45) is 5.73 Å². The minimum absolute atomic E-state index is 0.161. The molecule has 4 aromatic rings. The molecule has 0 saturated heterocycles. The molecule has 6 nitrogen and oxygen atoms in total. The molecule has 1 unspecified atom stereocenters. The van der Waals surface area contributed by atoms with Gasteiger partial charge in [0.25, 0.3) is 0 Å². The van der Waals surface area contributed by atoms with Gasteiger partial charge in [-0.25, -0.2) is 4.98 Å². The zero-order chi connectivity index (χ0) is 21.9. The molecule has 0 radical (unpaired) electrons. The van der Waals surface area contributed by atoms with Crippen LogP contribution in [0.3, 0.4) is 0 Å². The van der Waals surface area contributed by atoms with E-state index in [4.69, 9.17) is 25.2 Å². The van der Waals surface area contributed by atoms with Gasteiger partial charge in [-0.3, -0.25) is 4.98 Å². The second-order valence-corrected chi connectivity index (χ2v) is 9.19. The molecule has 5 rings (SSSR count). The summed E-state index contributed by atoms with van der Waals surface area (Å²) in [7, 11) is 1.67. The van der Waals surface area contributed by atoms with Crippen molar-refractivity contribution in [3.63, 3.8) is 0 Å². The lowest BCUT2D eigenvalue weighted by molar-refractivity contribution is 0.280. The van der Waals surface area contributed by atoms with Crippen LogP contribution in [0.25, 0.3) is 21.6 Å². The molecule has 1 aliphatic carbocycles. The molecule has 0 spiro atoms. The fraction of sp³-hybridized carbons (Fsp3) is 0.320. The van der Waals surface area contributed by atoms with E-state index in [0.717, 1.165) is 39.9 Å². The summed E-state index contributed by atoms with van der Waals surface area (Å²) in [4.78, 5) is 16.2. The van der Waals surface area contributed by atoms with E-state index in [1.54, 1.807) is 30.8 Å². The van der Waals surface area contributed by atoms with Gasteiger partial charge in [0.2, 0.25) is 5.88 Å². The van der Waals surface area contributed by atoms with Crippen LogP contribution in [0.1, 0.15) is 28.8 Å². The average molecular weight is 447 g/mol. The van der Waals surface area contributed by atoms with Gasteiger partial charge in [-0.2, -0.15) is 4.98 Å². The topological polar surface area (TPSA) is 83.2 Å². The van der Waals surface area contributed by atoms with Crippen molar-refractivity contribution < 1.29 is 9.47 Å². The van der Waals surface area contributed by atoms with Gasteiger partial charge >= 0.3 is 0 Å². The molecule has 1 atom stereocenters. The summed E-state index contributed by atoms with van der Waals surface area (Å²) in [6, 6.07) is 11.7. The predicted molar refractivity (Wildman–Crippen MR) is 127 cm³/mol. The van der Waals surface area contributed by atoms with Gasteiger partial charge in [0.05, 0.1) is 12.5 Å². The van der Waals surface area contributed by atoms with Crippen molar-refractivity contribution in [1.29, 1.82) is 0 Å². The maximum Gasteiger partial charge on any atom is 0.226 e. The lowest BCUT2D eigenvalue weighted by Gasteiger charge is -2.16. The van der Waals surface area contributed by atoms with Crippen molar-refractivity contribution in [2.75, 3.05) is 13.7 Å². The van der Waals surface area contributed by atoms with Crippen LogP contribution in [0, 0.1) is 0 Å². The molecule has 3 aromatic heterocycles. The summed E-state index contributed by atoms with van der Waals surface area (Å²) >= 11 is 1.77. The molecular formula is C25H26N4O2S. The second-order valence-electron chi connectivity index (χ2n) is 8.11. The van der Waals surface area contributed by atoms with Crippen LogP contribution in [0.2, 0.25) is 0 Å². The van der Waals surface area contributed by atoms with Crippen LogP contribution in [-0.2, 0) is 19.3 Å². The van der Waals surface area contributed by atoms with E-state index in [0.29, 0.717) is 24.7 Å². The zero-order valence-corrected chi connectivity index (χ0v) is 18.9. The Morgan fingerprint density at radius 3 is 2.78 bits per heavy atom. The van der Waals surface area contributed by atoms with Gasteiger partial charge in [0, 0.05) is 28.9 Å². The molecule has 2 N–H and O–H groups in total. The Morgan fingerprint density at radius 2 is 1.94 bits per heavy atom. The lowest BCUT2D eigenvalue weighted by Crippen LogP contribution is -2.30. The molecule has 0 aliphatic heterocycles. The molecule has 7 heteroatoms. The van der Waals surface area contributed by atoms with Gasteiger partial charge in [-0.1, -0.05) is 12.1 Å². The van der Waals surface area contributed by atoms with E-state index >= 15 is 0 Å². The minimum Gasteiger partial charge on any atom is -0.497 e. The molecule has 0 saturated carbocycles. The third-order valence-corrected chi connectivity index (χ3v) is 6.97. The molecule has 3 heterocycles. The summed E-state index contributed by atoms with van der Waals surface area (Å²) in [6.07, 6.45) is 8.80. The Labute approximate surface area is 191 Å². The van der Waals surface area contributed by atoms with Crippen molar-refractivity contribution in [2.45, 2.75) is 38.1 Å². The Bertz CT molecular complexity index is 1230. The third kappa shape index (κ3) is 4.31. The number of methoxy groups -OCH3 is 1. The second kappa shape index (κ2) is 9.22. The first-order valence-electron chi connectivity index (χ1n) is 11.0. The zero-order valence-electron chi connectivity index (χ0n) is 18.1. The predicted octanol–water partition coefficient (Wildman–Crippen LogP) is 4.59. The smallest absolute Gasteiger partial charge is 0.226 e. The van der Waals surface area contributed by atoms with Gasteiger partial charge in [-0.15, -0.1) is 11.3 Å². The summed E-state index contributed by atoms with van der Waals surface area (Å²) < 4.78 is 11.6. The van der Waals surface area contributed by atoms with Crippen LogP contribution in [0.5, 0.6) is 11.6 Å². The Balaban J connectivity index is 1.44. The quantitative estimate of drug-likeness (QED) is 0.447. The fourth-order valence-corrected chi connectivity index (χ4v) is 5.46. The van der Waals surface area contributed by atoms with Crippen molar-refractivity contribution in [3.8, 4) is 23.0 Å². The molecule has 164 valence electrons. The highest BCUT2D eigenvalue weighted by atomic mass is 32.1. The monoisotopic (exact) mass is 446 g/mol. The Morgan fingerprint density at radius 1 is 1.09 bits per heavy atom. The summed E-state index contributed by atoms with van der Waals surface area (Å²) in [5.41, 5.74) is 9.85. The first-order valence-corrected chi connectivity index (χ1v) is 11.8. The fourth-order valence-electron chi connectivity index (χ4n) is 4.21. The molecule has 0 amide bonds. The Kier molecular flexibility index (Phi) is 6.01. The molecule has 32 heavy (non-hydrogen) atoms. The van der Waals surface area contributed by atoms with E-state index in [2.05, 4.69) is 11.1 Å². The lowest BCUT2D eigenvalue weighted by atomic mass is 9.97. The molecule has 0 fully saturated rings. The SMILES string of the molecule is COc1cccc(CC(N)COc2nc(-c3ccncc3)nc3sc4c(c23)CCCC4)c1. The van der Waals surface area contributed by atoms with E-state index in [1.165, 1.54) is 23.3 Å². The van der Waals surface area contributed by atoms with Crippen LogP contribution in [0.15, 0.2) is 48.8 Å². The van der Waals surface area contributed by atoms with Gasteiger partial charge in [0.1, 0.15) is 17.2 Å². The van der Waals surface area contributed by atoms with E-state index in [1.807, 2.05) is 30.3 Å². The van der Waals surface area contributed by atoms with Crippen LogP contribution in [-0.4, -0.2) is 34.7 Å². The molecule has 0 bridgehead atoms. The number of hydrogen-bond acceptors (Lipinski definition) is 7. The number of aryl methyl sites for hydroxylation is 2. The minimum atomic E-state index is -0.161. The number of nitrogens with two attached hydrogens (primary N) is 1. The average Bonchev–Trinajstić information content (AvgIpc) is 3.22. The summed E-state index contributed by atoms with van der Waals surface area (Å²) in [5, 5.41) is 1.07. The van der Waals surface area contributed by atoms with Crippen molar-refractivity contribution in [3.05, 3.63) is 64.8 Å². The maximum absolute atomic E-state index is 6.44. The van der Waals surface area contributed by atoms with Crippen LogP contribution in [0.4, 0.5) is 0 Å². The van der Waals surface area contributed by atoms with Crippen molar-refractivity contribution in [1.82, 2.24) is 15.0 Å². The number of ether oxygens (including phenoxy) is 2. The number of aromatic nitrogens is 3. The number of hydrogen-bond donors (Lipinski definition) is 1.